The lowest BCUT2D eigenvalue weighted by atomic mass is 9.94. The molecule has 3 heteroatoms. The summed E-state index contributed by atoms with van der Waals surface area (Å²) in [5.41, 5.74) is 0. The molecule has 0 N–H and O–H groups in total. The minimum atomic E-state index is -0.479. The van der Waals surface area contributed by atoms with Gasteiger partial charge in [-0.25, -0.2) is 0 Å². The molecule has 0 saturated heterocycles. The number of ether oxygens (including phenoxy) is 1. The van der Waals surface area contributed by atoms with Crippen LogP contribution in [0.15, 0.2) is 0 Å². The molecule has 0 aromatic carbocycles. The molecule has 0 saturated carbocycles. The van der Waals surface area contributed by atoms with Gasteiger partial charge in [0.2, 0.25) is 10.5 Å². The van der Waals surface area contributed by atoms with Crippen molar-refractivity contribution in [1.29, 1.82) is 0 Å². The molecule has 0 aliphatic carbocycles. The highest BCUT2D eigenvalue weighted by atomic mass is 28.2. The summed E-state index contributed by atoms with van der Waals surface area (Å²) < 4.78 is 11.4. The minimum absolute atomic E-state index is 0.179. The van der Waals surface area contributed by atoms with Crippen LogP contribution in [0.5, 0.6) is 0 Å². The smallest absolute Gasteiger partial charge is 0.250 e. The van der Waals surface area contributed by atoms with Gasteiger partial charge >= 0.3 is 0 Å². The first-order valence-electron chi connectivity index (χ1n) is 5.84. The van der Waals surface area contributed by atoms with E-state index in [9.17, 15) is 0 Å². The van der Waals surface area contributed by atoms with Crippen LogP contribution >= 0.6 is 0 Å². The second kappa shape index (κ2) is 6.66. The van der Waals surface area contributed by atoms with Gasteiger partial charge in [0.1, 0.15) is 0 Å². The van der Waals surface area contributed by atoms with Crippen molar-refractivity contribution in [3.05, 3.63) is 0 Å². The Hall–Kier alpha value is 0.137. The predicted octanol–water partition coefficient (Wildman–Crippen LogP) is 3.30. The number of hydrogen-bond acceptors (Lipinski definition) is 2. The molecule has 0 atom stereocenters. The van der Waals surface area contributed by atoms with E-state index >= 15 is 0 Å². The van der Waals surface area contributed by atoms with E-state index in [-0.39, 0.29) is 6.10 Å². The van der Waals surface area contributed by atoms with Crippen LogP contribution in [-0.4, -0.2) is 22.4 Å². The molecule has 89 valence electrons. The molecule has 0 bridgehead atoms. The Morgan fingerprint density at radius 2 is 1.33 bits per heavy atom. The molecule has 0 aliphatic rings. The van der Waals surface area contributed by atoms with Crippen molar-refractivity contribution in [2.75, 3.05) is 0 Å². The summed E-state index contributed by atoms with van der Waals surface area (Å²) >= 11 is 0. The van der Waals surface area contributed by atoms with Gasteiger partial charge in [0.25, 0.3) is 0 Å². The van der Waals surface area contributed by atoms with E-state index < -0.39 is 5.79 Å². The van der Waals surface area contributed by atoms with E-state index in [2.05, 4.69) is 38.2 Å². The van der Waals surface area contributed by atoms with E-state index in [1.54, 1.807) is 0 Å². The molecule has 0 heterocycles. The number of hydrogen-bond donors (Lipinski definition) is 0. The lowest BCUT2D eigenvalue weighted by Gasteiger charge is -2.37. The second-order valence-electron chi connectivity index (χ2n) is 5.38. The van der Waals surface area contributed by atoms with Crippen LogP contribution in [0.3, 0.4) is 0 Å². The Labute approximate surface area is 98.3 Å². The first-order valence-corrected chi connectivity index (χ1v) is 6.24. The van der Waals surface area contributed by atoms with Gasteiger partial charge in [0.05, 0.1) is 6.10 Å². The predicted molar refractivity (Wildman–Crippen MR) is 64.7 cm³/mol. The van der Waals surface area contributed by atoms with Crippen molar-refractivity contribution in [3.63, 3.8) is 0 Å². The summed E-state index contributed by atoms with van der Waals surface area (Å²) in [4.78, 5) is 0. The third-order valence-electron chi connectivity index (χ3n) is 2.07. The molecule has 15 heavy (non-hydrogen) atoms. The molecule has 0 aromatic heterocycles. The van der Waals surface area contributed by atoms with E-state index in [4.69, 9.17) is 9.16 Å². The summed E-state index contributed by atoms with van der Waals surface area (Å²) in [6.45, 7) is 12.8. The average Bonchev–Trinajstić information content (AvgIpc) is 1.99. The van der Waals surface area contributed by atoms with Gasteiger partial charge in [-0.15, -0.1) is 0 Å². The molecular formula is C12H25O2Si. The van der Waals surface area contributed by atoms with Gasteiger partial charge in [0.15, 0.2) is 5.79 Å². The fourth-order valence-corrected chi connectivity index (χ4v) is 2.18. The molecule has 3 radical (unpaired) electrons. The van der Waals surface area contributed by atoms with Crippen molar-refractivity contribution in [2.24, 2.45) is 11.8 Å². The molecular weight excluding hydrogens is 204 g/mol. The lowest BCUT2D eigenvalue weighted by molar-refractivity contribution is -0.220. The standard InChI is InChI=1S/C12H25O2Si/c1-9(2)7-12(14-15,8-10(3)4)13-11(5)6/h9-11H,7-8H2,1-6H3. The topological polar surface area (TPSA) is 18.5 Å². The maximum absolute atomic E-state index is 5.94. The van der Waals surface area contributed by atoms with Crippen LogP contribution in [0.25, 0.3) is 0 Å². The van der Waals surface area contributed by atoms with Crippen molar-refractivity contribution >= 4 is 10.5 Å². The monoisotopic (exact) mass is 229 g/mol. The summed E-state index contributed by atoms with van der Waals surface area (Å²) in [6.07, 6.45) is 2.00. The zero-order valence-corrected chi connectivity index (χ0v) is 12.0. The minimum Gasteiger partial charge on any atom is -0.392 e. The third kappa shape index (κ3) is 6.33. The van der Waals surface area contributed by atoms with E-state index in [0.717, 1.165) is 12.8 Å². The zero-order chi connectivity index (χ0) is 12.1. The fourth-order valence-electron chi connectivity index (χ4n) is 1.96. The van der Waals surface area contributed by atoms with Gasteiger partial charge in [0, 0.05) is 12.8 Å². The average molecular weight is 229 g/mol. The second-order valence-corrected chi connectivity index (χ2v) is 5.58. The Bertz CT molecular complexity index is 140. The van der Waals surface area contributed by atoms with E-state index in [0.29, 0.717) is 11.8 Å². The number of rotatable bonds is 7. The highest BCUT2D eigenvalue weighted by molar-refractivity contribution is 5.98. The van der Waals surface area contributed by atoms with Gasteiger partial charge in [-0.2, -0.15) is 0 Å². The quantitative estimate of drug-likeness (QED) is 0.492. The third-order valence-corrected chi connectivity index (χ3v) is 2.45. The molecule has 0 fully saturated rings. The maximum Gasteiger partial charge on any atom is 0.250 e. The molecule has 0 rings (SSSR count). The molecule has 0 amide bonds. The van der Waals surface area contributed by atoms with Crippen LogP contribution in [-0.2, 0) is 9.16 Å². The van der Waals surface area contributed by atoms with Gasteiger partial charge < -0.3 is 9.16 Å². The van der Waals surface area contributed by atoms with Crippen LogP contribution in [0.2, 0.25) is 0 Å². The van der Waals surface area contributed by atoms with Crippen LogP contribution in [0, 0.1) is 11.8 Å². The zero-order valence-electron chi connectivity index (χ0n) is 11.0. The lowest BCUT2D eigenvalue weighted by Crippen LogP contribution is -2.40. The maximum atomic E-state index is 5.94. The Balaban J connectivity index is 4.59. The first-order chi connectivity index (χ1) is 6.81. The molecule has 0 spiro atoms. The molecule has 0 aliphatic heterocycles. The Morgan fingerprint density at radius 1 is 0.933 bits per heavy atom. The SMILES string of the molecule is CC(C)CC(CC(C)C)(O[Si])OC(C)C. The highest BCUT2D eigenvalue weighted by Crippen LogP contribution is 2.30. The van der Waals surface area contributed by atoms with Gasteiger partial charge in [-0.1, -0.05) is 27.7 Å². The summed E-state index contributed by atoms with van der Waals surface area (Å²) in [7, 11) is 3.18. The van der Waals surface area contributed by atoms with Crippen molar-refractivity contribution in [2.45, 2.75) is 66.3 Å². The molecule has 0 unspecified atom stereocenters. The summed E-state index contributed by atoms with van der Waals surface area (Å²) in [5, 5.41) is 0. The van der Waals surface area contributed by atoms with Gasteiger partial charge in [-0.3, -0.25) is 0 Å². The fraction of sp³-hybridized carbons (Fsp3) is 1.00. The normalized spacial score (nSPS) is 13.2. The van der Waals surface area contributed by atoms with Crippen LogP contribution in [0.1, 0.15) is 54.4 Å². The van der Waals surface area contributed by atoms with E-state index in [1.807, 2.05) is 13.8 Å². The molecule has 0 aromatic rings. The van der Waals surface area contributed by atoms with E-state index in [1.165, 1.54) is 0 Å². The van der Waals surface area contributed by atoms with Gasteiger partial charge in [-0.05, 0) is 25.7 Å². The van der Waals surface area contributed by atoms with Crippen LogP contribution < -0.4 is 0 Å². The summed E-state index contributed by atoms with van der Waals surface area (Å²) in [6, 6.07) is 0. The Kier molecular flexibility index (Phi) is 6.72. The Morgan fingerprint density at radius 3 is 1.53 bits per heavy atom. The van der Waals surface area contributed by atoms with Crippen LogP contribution in [0.4, 0.5) is 0 Å². The van der Waals surface area contributed by atoms with Crippen molar-refractivity contribution in [3.8, 4) is 0 Å². The molecule has 2 nitrogen and oxygen atoms in total. The highest BCUT2D eigenvalue weighted by Gasteiger charge is 2.33. The van der Waals surface area contributed by atoms with Crippen molar-refractivity contribution < 1.29 is 9.16 Å². The summed E-state index contributed by atoms with van der Waals surface area (Å²) in [5.74, 6) is 0.630. The largest absolute Gasteiger partial charge is 0.392 e. The van der Waals surface area contributed by atoms with Crippen molar-refractivity contribution in [1.82, 2.24) is 0 Å². The first kappa shape index (κ1) is 15.1.